The summed E-state index contributed by atoms with van der Waals surface area (Å²) in [4.78, 5) is 11.8. The molecule has 0 saturated carbocycles. The molecule has 2 rings (SSSR count). The lowest BCUT2D eigenvalue weighted by Gasteiger charge is -2.08. The van der Waals surface area contributed by atoms with Gasteiger partial charge >= 0.3 is 0 Å². The van der Waals surface area contributed by atoms with Crippen LogP contribution in [0.2, 0.25) is 0 Å². The number of amides is 1. The number of nitrogens with one attached hydrogen (secondary N) is 1. The fourth-order valence-corrected chi connectivity index (χ4v) is 2.38. The van der Waals surface area contributed by atoms with Crippen LogP contribution in [0.15, 0.2) is 53.6 Å². The monoisotopic (exact) mass is 324 g/mol. The van der Waals surface area contributed by atoms with E-state index < -0.39 is 0 Å². The summed E-state index contributed by atoms with van der Waals surface area (Å²) < 4.78 is 5.51. The second kappa shape index (κ2) is 8.87. The summed E-state index contributed by atoms with van der Waals surface area (Å²) in [5, 5.41) is 4.12. The van der Waals surface area contributed by atoms with Crippen LogP contribution in [0, 0.1) is 13.8 Å². The minimum atomic E-state index is -0.256. The van der Waals surface area contributed by atoms with Gasteiger partial charge in [-0.1, -0.05) is 36.4 Å². The Balaban J connectivity index is 1.75. The van der Waals surface area contributed by atoms with E-state index in [1.165, 1.54) is 5.56 Å². The number of ether oxygens (including phenoxy) is 1. The first-order valence-electron chi connectivity index (χ1n) is 8.10. The topological polar surface area (TPSA) is 50.7 Å². The predicted octanol–water partition coefficient (Wildman–Crippen LogP) is 3.81. The van der Waals surface area contributed by atoms with Crippen molar-refractivity contribution in [1.29, 1.82) is 0 Å². The summed E-state index contributed by atoms with van der Waals surface area (Å²) in [6.45, 7) is 5.87. The van der Waals surface area contributed by atoms with Gasteiger partial charge < -0.3 is 4.74 Å². The minimum absolute atomic E-state index is 0.0433. The number of hydrogen-bond donors (Lipinski definition) is 1. The third-order valence-electron chi connectivity index (χ3n) is 3.55. The first kappa shape index (κ1) is 17.7. The van der Waals surface area contributed by atoms with Crippen molar-refractivity contribution in [2.24, 2.45) is 5.10 Å². The number of carbonyl (C=O) groups is 1. The Bertz CT molecular complexity index is 689. The highest BCUT2D eigenvalue weighted by atomic mass is 16.5. The van der Waals surface area contributed by atoms with Gasteiger partial charge in [0.1, 0.15) is 5.75 Å². The maximum absolute atomic E-state index is 11.8. The zero-order valence-corrected chi connectivity index (χ0v) is 14.5. The van der Waals surface area contributed by atoms with Crippen molar-refractivity contribution in [3.8, 4) is 5.75 Å². The maximum Gasteiger partial charge on any atom is 0.277 e. The number of benzene rings is 2. The normalized spacial score (nSPS) is 11.2. The number of hydrazone groups is 1. The molecule has 1 N–H and O–H groups in total. The molecule has 0 aromatic heterocycles. The van der Waals surface area contributed by atoms with Crippen LogP contribution in [0.1, 0.15) is 30.0 Å². The third-order valence-corrected chi connectivity index (χ3v) is 3.55. The fourth-order valence-electron chi connectivity index (χ4n) is 2.38. The summed E-state index contributed by atoms with van der Waals surface area (Å²) in [6.07, 6.45) is 1.72. The van der Waals surface area contributed by atoms with Gasteiger partial charge in [0.2, 0.25) is 0 Å². The van der Waals surface area contributed by atoms with Crippen molar-refractivity contribution >= 4 is 11.6 Å². The Labute approximate surface area is 143 Å². The molecule has 0 aliphatic heterocycles. The minimum Gasteiger partial charge on any atom is -0.484 e. The highest BCUT2D eigenvalue weighted by Gasteiger charge is 2.03. The second-order valence-electron chi connectivity index (χ2n) is 5.98. The predicted molar refractivity (Wildman–Crippen MR) is 97.4 cm³/mol. The molecule has 0 bridgehead atoms. The quantitative estimate of drug-likeness (QED) is 0.622. The summed E-state index contributed by atoms with van der Waals surface area (Å²) in [5.41, 5.74) is 6.91. The van der Waals surface area contributed by atoms with E-state index in [2.05, 4.69) is 28.7 Å². The zero-order chi connectivity index (χ0) is 17.4. The smallest absolute Gasteiger partial charge is 0.277 e. The number of rotatable bonds is 7. The van der Waals surface area contributed by atoms with Gasteiger partial charge in [-0.25, -0.2) is 5.43 Å². The molecule has 2 aromatic rings. The average Bonchev–Trinajstić information content (AvgIpc) is 2.56. The van der Waals surface area contributed by atoms with Gasteiger partial charge in [-0.15, -0.1) is 0 Å². The largest absolute Gasteiger partial charge is 0.484 e. The highest BCUT2D eigenvalue weighted by Crippen LogP contribution is 2.15. The van der Waals surface area contributed by atoms with E-state index in [-0.39, 0.29) is 12.5 Å². The maximum atomic E-state index is 11.8. The molecule has 4 nitrogen and oxygen atoms in total. The Morgan fingerprint density at radius 1 is 1.08 bits per heavy atom. The molecule has 126 valence electrons. The van der Waals surface area contributed by atoms with E-state index >= 15 is 0 Å². The molecule has 0 atom stereocenters. The lowest BCUT2D eigenvalue weighted by molar-refractivity contribution is -0.123. The van der Waals surface area contributed by atoms with Gasteiger partial charge in [-0.2, -0.15) is 5.10 Å². The molecule has 0 aliphatic carbocycles. The Kier molecular flexibility index (Phi) is 6.55. The molecule has 1 amide bonds. The van der Waals surface area contributed by atoms with Crippen molar-refractivity contribution in [1.82, 2.24) is 5.43 Å². The summed E-state index contributed by atoms with van der Waals surface area (Å²) >= 11 is 0. The van der Waals surface area contributed by atoms with Gasteiger partial charge in [0, 0.05) is 5.71 Å². The molecule has 0 radical (unpaired) electrons. The molecule has 0 saturated heterocycles. The van der Waals surface area contributed by atoms with Gasteiger partial charge in [0.05, 0.1) is 0 Å². The van der Waals surface area contributed by atoms with Crippen LogP contribution in [0.3, 0.4) is 0 Å². The Morgan fingerprint density at radius 3 is 2.42 bits per heavy atom. The Morgan fingerprint density at radius 2 is 1.75 bits per heavy atom. The van der Waals surface area contributed by atoms with Crippen LogP contribution >= 0.6 is 0 Å². The first-order chi connectivity index (χ1) is 11.5. The van der Waals surface area contributed by atoms with Crippen molar-refractivity contribution in [3.05, 3.63) is 65.2 Å². The van der Waals surface area contributed by atoms with Crippen LogP contribution in [0.4, 0.5) is 0 Å². The molecule has 4 heteroatoms. The Hall–Kier alpha value is -2.62. The summed E-state index contributed by atoms with van der Waals surface area (Å²) in [5.74, 6) is 0.445. The zero-order valence-electron chi connectivity index (χ0n) is 14.5. The number of nitrogens with zero attached hydrogens (tertiary/aromatic N) is 1. The highest BCUT2D eigenvalue weighted by molar-refractivity contribution is 5.84. The van der Waals surface area contributed by atoms with E-state index in [1.54, 1.807) is 0 Å². The van der Waals surface area contributed by atoms with E-state index in [9.17, 15) is 4.79 Å². The summed E-state index contributed by atoms with van der Waals surface area (Å²) in [6, 6.07) is 16.1. The van der Waals surface area contributed by atoms with Gasteiger partial charge in [0.15, 0.2) is 6.61 Å². The van der Waals surface area contributed by atoms with Gasteiger partial charge in [0.25, 0.3) is 5.91 Å². The third kappa shape index (κ3) is 6.24. The molecular weight excluding hydrogens is 300 g/mol. The van der Waals surface area contributed by atoms with Crippen LogP contribution in [-0.2, 0) is 11.2 Å². The van der Waals surface area contributed by atoms with Crippen LogP contribution < -0.4 is 10.2 Å². The summed E-state index contributed by atoms with van der Waals surface area (Å²) in [7, 11) is 0. The van der Waals surface area contributed by atoms with Gasteiger partial charge in [-0.3, -0.25) is 4.79 Å². The first-order valence-corrected chi connectivity index (χ1v) is 8.10. The van der Waals surface area contributed by atoms with E-state index in [0.717, 1.165) is 29.7 Å². The molecule has 0 spiro atoms. The second-order valence-corrected chi connectivity index (χ2v) is 5.98. The SMILES string of the molecule is CC(CCc1ccccc1)=NNC(=O)COc1cc(C)cc(C)c1. The van der Waals surface area contributed by atoms with E-state index in [0.29, 0.717) is 5.75 Å². The van der Waals surface area contributed by atoms with Crippen molar-refractivity contribution < 1.29 is 9.53 Å². The lowest BCUT2D eigenvalue weighted by Crippen LogP contribution is -2.25. The molecule has 24 heavy (non-hydrogen) atoms. The molecule has 0 aliphatic rings. The van der Waals surface area contributed by atoms with Crippen molar-refractivity contribution in [3.63, 3.8) is 0 Å². The average molecular weight is 324 g/mol. The fraction of sp³-hybridized carbons (Fsp3) is 0.300. The standard InChI is InChI=1S/C20H24N2O2/c1-15-11-16(2)13-19(12-15)24-14-20(23)22-21-17(3)9-10-18-7-5-4-6-8-18/h4-8,11-13H,9-10,14H2,1-3H3,(H,22,23). The molecule has 0 fully saturated rings. The van der Waals surface area contributed by atoms with Gasteiger partial charge in [-0.05, 0) is 62.4 Å². The molecule has 0 unspecified atom stereocenters. The van der Waals surface area contributed by atoms with E-state index in [4.69, 9.17) is 4.74 Å². The van der Waals surface area contributed by atoms with Crippen LogP contribution in [0.25, 0.3) is 0 Å². The molecule has 2 aromatic carbocycles. The van der Waals surface area contributed by atoms with Crippen LogP contribution in [0.5, 0.6) is 5.75 Å². The van der Waals surface area contributed by atoms with Crippen molar-refractivity contribution in [2.75, 3.05) is 6.61 Å². The number of aryl methyl sites for hydroxylation is 3. The van der Waals surface area contributed by atoms with Crippen molar-refractivity contribution in [2.45, 2.75) is 33.6 Å². The lowest BCUT2D eigenvalue weighted by atomic mass is 10.1. The van der Waals surface area contributed by atoms with Crippen LogP contribution in [-0.4, -0.2) is 18.2 Å². The number of hydrogen-bond acceptors (Lipinski definition) is 3. The molecular formula is C20H24N2O2. The van der Waals surface area contributed by atoms with E-state index in [1.807, 2.05) is 51.1 Å². The molecule has 0 heterocycles. The number of carbonyl (C=O) groups excluding carboxylic acids is 1.